The number of nitrogens with two attached hydrogens (primary N) is 1. The molecule has 0 aromatic heterocycles. The molecule has 7 N–H and O–H groups in total. The van der Waals surface area contributed by atoms with Crippen molar-refractivity contribution in [1.82, 2.24) is 40.4 Å². The minimum Gasteiger partial charge on any atom is -0.480 e. The van der Waals surface area contributed by atoms with Crippen molar-refractivity contribution in [1.29, 1.82) is 0 Å². The Kier molecular flexibility index (Phi) is 32.6. The number of imide groups is 1. The minimum absolute atomic E-state index is 0.0763. The Hall–Kier alpha value is -8.26. The van der Waals surface area contributed by atoms with Crippen LogP contribution in [0.25, 0.3) is 0 Å². The second kappa shape index (κ2) is 39.1. The topological polar surface area (TPSA) is 343 Å². The lowest BCUT2D eigenvalue weighted by molar-refractivity contribution is -0.148. The van der Waals surface area contributed by atoms with E-state index in [9.17, 15) is 62.6 Å². The third kappa shape index (κ3) is 23.2. The van der Waals surface area contributed by atoms with Crippen LogP contribution in [0, 0.1) is 35.5 Å². The van der Waals surface area contributed by atoms with Gasteiger partial charge in [0.15, 0.2) is 5.78 Å². The molecule has 11 atom stereocenters. The molecular formula is C70H106N10O16. The van der Waals surface area contributed by atoms with E-state index in [2.05, 4.69) is 21.3 Å². The zero-order chi connectivity index (χ0) is 71.7. The van der Waals surface area contributed by atoms with Crippen LogP contribution in [-0.2, 0) is 75.2 Å². The smallest absolute Gasteiger partial charge is 0.410 e. The van der Waals surface area contributed by atoms with E-state index in [4.69, 9.17) is 19.9 Å². The summed E-state index contributed by atoms with van der Waals surface area (Å²) in [5.41, 5.74) is 6.92. The van der Waals surface area contributed by atoms with Gasteiger partial charge in [0.25, 0.3) is 11.8 Å². The van der Waals surface area contributed by atoms with E-state index in [1.54, 1.807) is 102 Å². The highest BCUT2D eigenvalue weighted by Gasteiger charge is 2.44. The van der Waals surface area contributed by atoms with Crippen molar-refractivity contribution in [2.45, 2.75) is 194 Å². The molecule has 26 heteroatoms. The standard InChI is InChI=1S/C70H106N10O16/c1-15-45(8)62(54(94-13)40-58(85)79-37-23-27-52(79)63(95-14)46(9)64(86)74-51(68(90)91)38-47-24-18-16-19-25-47)77(11)67(89)59(42(2)3)75-66(88)61(44(6)7)78(12)70(93)96-41-48-29-31-50(32-30-48)73-65(87)49(26-22-35-72-69(71)92)39-53(81)60(43(4)5)76(10)55(82)28-20-17-21-36-80-56(83)33-34-57(80)84/h16,18-19,24-25,29-34,42-46,49,51-52,54,59-63H,15,17,20-23,26-28,35-41H2,1-14H3,(H,73,87)(H,74,86)(H,75,88)(H,90,91)(H3,71,72,92)/t45-,46+,49+,51-,52-,54+,59-,60-,61-,62-,63+/m0/s1. The van der Waals surface area contributed by atoms with Gasteiger partial charge in [-0.2, -0.15) is 0 Å². The summed E-state index contributed by atoms with van der Waals surface area (Å²) in [6.07, 6.45) is 3.71. The van der Waals surface area contributed by atoms with Gasteiger partial charge in [-0.05, 0) is 85.5 Å². The molecule has 96 heavy (non-hydrogen) atoms. The number of nitrogens with one attached hydrogen (secondary N) is 4. The number of primary amides is 1. The van der Waals surface area contributed by atoms with Crippen LogP contribution in [0.2, 0.25) is 0 Å². The molecule has 2 aliphatic rings. The van der Waals surface area contributed by atoms with Crippen molar-refractivity contribution in [3.63, 3.8) is 0 Å². The quantitative estimate of drug-likeness (QED) is 0.0325. The molecule has 26 nitrogen and oxygen atoms in total. The summed E-state index contributed by atoms with van der Waals surface area (Å²) >= 11 is 0. The van der Waals surface area contributed by atoms with Gasteiger partial charge in [-0.15, -0.1) is 0 Å². The van der Waals surface area contributed by atoms with Crippen molar-refractivity contribution in [2.24, 2.45) is 41.2 Å². The van der Waals surface area contributed by atoms with E-state index in [-0.39, 0.29) is 93.0 Å². The van der Waals surface area contributed by atoms with Crippen LogP contribution in [0.4, 0.5) is 15.3 Å². The van der Waals surface area contributed by atoms with Gasteiger partial charge in [-0.1, -0.05) is 118 Å². The van der Waals surface area contributed by atoms with Crippen LogP contribution >= 0.6 is 0 Å². The molecule has 0 aliphatic carbocycles. The number of likely N-dealkylation sites (tertiary alicyclic amines) is 1. The first kappa shape index (κ1) is 80.2. The van der Waals surface area contributed by atoms with Crippen LogP contribution in [-0.4, -0.2) is 204 Å². The molecule has 0 saturated carbocycles. The van der Waals surface area contributed by atoms with Gasteiger partial charge >= 0.3 is 18.1 Å². The lowest BCUT2D eigenvalue weighted by Gasteiger charge is -2.41. The Bertz CT molecular complexity index is 2980. The fraction of sp³-hybridized carbons (Fsp3) is 0.629. The Morgan fingerprint density at radius 2 is 1.34 bits per heavy atom. The number of unbranched alkanes of at least 4 members (excludes halogenated alkanes) is 2. The number of ketones is 1. The Balaban J connectivity index is 1.39. The van der Waals surface area contributed by atoms with Crippen molar-refractivity contribution < 1.29 is 76.9 Å². The van der Waals surface area contributed by atoms with Crippen LogP contribution in [0.15, 0.2) is 66.7 Å². The average Bonchev–Trinajstić information content (AvgIpc) is 1.25. The zero-order valence-electron chi connectivity index (χ0n) is 58.6. The van der Waals surface area contributed by atoms with Gasteiger partial charge in [0.1, 0.15) is 24.7 Å². The molecule has 0 spiro atoms. The number of likely N-dealkylation sites (N-methyl/N-ethyl adjacent to an activating group) is 3. The number of carboxylic acids is 1. The number of benzene rings is 2. The number of methoxy groups -OCH3 is 2. The number of carbonyl (C=O) groups is 12. The Labute approximate surface area is 565 Å². The molecule has 2 aromatic carbocycles. The van der Waals surface area contributed by atoms with Gasteiger partial charge in [0.05, 0.1) is 42.7 Å². The highest BCUT2D eigenvalue weighted by molar-refractivity contribution is 6.12. The Morgan fingerprint density at radius 1 is 0.708 bits per heavy atom. The predicted molar refractivity (Wildman–Crippen MR) is 360 cm³/mol. The number of anilines is 1. The number of amides is 11. The third-order valence-corrected chi connectivity index (χ3v) is 18.4. The summed E-state index contributed by atoms with van der Waals surface area (Å²) in [7, 11) is 7.53. The normalized spacial score (nSPS) is 16.9. The van der Waals surface area contributed by atoms with Crippen LogP contribution in [0.1, 0.15) is 144 Å². The summed E-state index contributed by atoms with van der Waals surface area (Å²) in [5, 5.41) is 21.0. The van der Waals surface area contributed by atoms with E-state index in [1.807, 2.05) is 33.8 Å². The first-order valence-electron chi connectivity index (χ1n) is 33.5. The highest BCUT2D eigenvalue weighted by Crippen LogP contribution is 2.31. The number of Topliss-reactive ketones (excluding diaryl/α,β-unsaturated/α-hetero) is 1. The summed E-state index contributed by atoms with van der Waals surface area (Å²) in [6, 6.07) is 9.31. The maximum Gasteiger partial charge on any atom is 0.410 e. The summed E-state index contributed by atoms with van der Waals surface area (Å²) in [5.74, 6) is -7.95. The molecule has 1 fully saturated rings. The fourth-order valence-corrected chi connectivity index (χ4v) is 12.8. The van der Waals surface area contributed by atoms with Crippen LogP contribution in [0.5, 0.6) is 0 Å². The first-order chi connectivity index (χ1) is 45.4. The fourth-order valence-electron chi connectivity index (χ4n) is 12.8. The summed E-state index contributed by atoms with van der Waals surface area (Å²) in [6.45, 7) is 16.8. The second-order valence-electron chi connectivity index (χ2n) is 26.4. The zero-order valence-corrected chi connectivity index (χ0v) is 58.6. The highest BCUT2D eigenvalue weighted by atomic mass is 16.6. The molecule has 2 aromatic rings. The number of hydrogen-bond donors (Lipinski definition) is 6. The van der Waals surface area contributed by atoms with Crippen molar-refractivity contribution in [3.8, 4) is 0 Å². The van der Waals surface area contributed by atoms with Crippen molar-refractivity contribution in [3.05, 3.63) is 77.9 Å². The van der Waals surface area contributed by atoms with E-state index >= 15 is 0 Å². The lowest BCUT2D eigenvalue weighted by atomic mass is 9.88. The average molecular weight is 1340 g/mol. The molecule has 532 valence electrons. The SMILES string of the molecule is CC[C@H](C)[C@@H]([C@@H](CC(=O)N1CCC[C@H]1[C@H](OC)[C@@H](C)C(=O)N[C@@H](Cc1ccccc1)C(=O)O)OC)N(C)C(=O)[C@@H](NC(=O)[C@H](C(C)C)N(C)C(=O)OCc1ccc(NC(=O)[C@H](CCCNC(N)=O)CC(=O)[C@H](C(C)C)N(C)C(=O)CCCCCN2C(=O)C=CC2=O)cc1)C(C)C. The monoisotopic (exact) mass is 1340 g/mol. The summed E-state index contributed by atoms with van der Waals surface area (Å²) in [4.78, 5) is 167. The van der Waals surface area contributed by atoms with Crippen LogP contribution in [0.3, 0.4) is 0 Å². The maximum absolute atomic E-state index is 14.8. The van der Waals surface area contributed by atoms with E-state index < -0.39 is 114 Å². The predicted octanol–water partition coefficient (Wildman–Crippen LogP) is 6.08. The largest absolute Gasteiger partial charge is 0.480 e. The number of aliphatic carboxylic acids is 1. The lowest BCUT2D eigenvalue weighted by Crippen LogP contribution is -2.60. The summed E-state index contributed by atoms with van der Waals surface area (Å²) < 4.78 is 17.7. The van der Waals surface area contributed by atoms with Gasteiger partial charge < -0.3 is 61.0 Å². The number of carboxylic acid groups (broad SMARTS) is 1. The number of urea groups is 1. The second-order valence-corrected chi connectivity index (χ2v) is 26.4. The molecule has 4 rings (SSSR count). The van der Waals surface area contributed by atoms with Crippen LogP contribution < -0.4 is 27.0 Å². The van der Waals surface area contributed by atoms with Gasteiger partial charge in [0.2, 0.25) is 35.4 Å². The van der Waals surface area contributed by atoms with E-state index in [1.165, 1.54) is 48.1 Å². The minimum atomic E-state index is -1.19. The number of nitrogens with zero attached hydrogens (tertiary/aromatic N) is 5. The molecular weight excluding hydrogens is 1240 g/mol. The molecule has 2 aliphatic heterocycles. The van der Waals surface area contributed by atoms with E-state index in [0.717, 1.165) is 10.5 Å². The van der Waals surface area contributed by atoms with Gasteiger partial charge in [-0.25, -0.2) is 14.4 Å². The molecule has 11 amide bonds. The number of ether oxygens (including phenoxy) is 3. The molecule has 0 bridgehead atoms. The first-order valence-corrected chi connectivity index (χ1v) is 33.5. The molecule has 0 unspecified atom stereocenters. The maximum atomic E-state index is 14.8. The number of hydrogen-bond acceptors (Lipinski definition) is 15. The van der Waals surface area contributed by atoms with Crippen molar-refractivity contribution in [2.75, 3.05) is 60.3 Å². The Morgan fingerprint density at radius 3 is 1.91 bits per heavy atom. The third-order valence-electron chi connectivity index (χ3n) is 18.4. The molecule has 1 saturated heterocycles. The number of carbonyl (C=O) groups excluding carboxylic acids is 11. The van der Waals surface area contributed by atoms with Crippen molar-refractivity contribution >= 4 is 76.8 Å². The molecule has 2 heterocycles. The van der Waals surface area contributed by atoms with Gasteiger partial charge in [0, 0.05) is 98.0 Å². The number of rotatable bonds is 40. The molecule has 0 radical (unpaired) electrons. The van der Waals surface area contributed by atoms with Gasteiger partial charge in [-0.3, -0.25) is 53.0 Å². The van der Waals surface area contributed by atoms with E-state index in [0.29, 0.717) is 62.7 Å².